The summed E-state index contributed by atoms with van der Waals surface area (Å²) in [5.41, 5.74) is 1.24. The molecule has 0 aliphatic heterocycles. The number of benzene rings is 1. The molecule has 2 atom stereocenters. The van der Waals surface area contributed by atoms with Crippen LogP contribution >= 0.6 is 0 Å². The van der Waals surface area contributed by atoms with Crippen molar-refractivity contribution in [3.05, 3.63) is 29.8 Å². The summed E-state index contributed by atoms with van der Waals surface area (Å²) < 4.78 is 5.28. The SMILES string of the molecule is COc1ccccc1CNC1CC1C. The molecule has 0 amide bonds. The van der Waals surface area contributed by atoms with E-state index in [-0.39, 0.29) is 0 Å². The maximum Gasteiger partial charge on any atom is 0.123 e. The summed E-state index contributed by atoms with van der Waals surface area (Å²) in [6, 6.07) is 8.89. The highest BCUT2D eigenvalue weighted by Crippen LogP contribution is 2.29. The van der Waals surface area contributed by atoms with E-state index in [1.165, 1.54) is 12.0 Å². The highest BCUT2D eigenvalue weighted by atomic mass is 16.5. The molecule has 2 heteroatoms. The molecule has 1 aliphatic rings. The monoisotopic (exact) mass is 191 g/mol. The summed E-state index contributed by atoms with van der Waals surface area (Å²) in [6.07, 6.45) is 1.31. The Hall–Kier alpha value is -1.02. The van der Waals surface area contributed by atoms with E-state index in [1.807, 2.05) is 12.1 Å². The Labute approximate surface area is 85.3 Å². The molecule has 14 heavy (non-hydrogen) atoms. The van der Waals surface area contributed by atoms with Crippen LogP contribution in [-0.2, 0) is 6.54 Å². The minimum Gasteiger partial charge on any atom is -0.496 e. The van der Waals surface area contributed by atoms with Gasteiger partial charge >= 0.3 is 0 Å². The van der Waals surface area contributed by atoms with Crippen LogP contribution in [0.3, 0.4) is 0 Å². The molecule has 0 saturated heterocycles. The van der Waals surface area contributed by atoms with E-state index in [1.54, 1.807) is 7.11 Å². The number of hydrogen-bond acceptors (Lipinski definition) is 2. The van der Waals surface area contributed by atoms with Crippen molar-refractivity contribution in [2.75, 3.05) is 7.11 Å². The van der Waals surface area contributed by atoms with Gasteiger partial charge in [0.2, 0.25) is 0 Å². The zero-order chi connectivity index (χ0) is 9.97. The van der Waals surface area contributed by atoms with E-state index in [2.05, 4.69) is 24.4 Å². The number of ether oxygens (including phenoxy) is 1. The molecule has 0 heterocycles. The fourth-order valence-electron chi connectivity index (χ4n) is 1.70. The lowest BCUT2D eigenvalue weighted by Crippen LogP contribution is -2.17. The molecule has 1 fully saturated rings. The molecular weight excluding hydrogens is 174 g/mol. The lowest BCUT2D eigenvalue weighted by molar-refractivity contribution is 0.407. The van der Waals surface area contributed by atoms with Crippen molar-refractivity contribution in [2.45, 2.75) is 25.9 Å². The third-order valence-corrected chi connectivity index (χ3v) is 2.86. The van der Waals surface area contributed by atoms with E-state index in [4.69, 9.17) is 4.74 Å². The highest BCUT2D eigenvalue weighted by molar-refractivity contribution is 5.33. The lowest BCUT2D eigenvalue weighted by atomic mass is 10.2. The average molecular weight is 191 g/mol. The first-order chi connectivity index (χ1) is 6.81. The predicted octanol–water partition coefficient (Wildman–Crippen LogP) is 2.19. The van der Waals surface area contributed by atoms with Gasteiger partial charge in [0.05, 0.1) is 7.11 Å². The average Bonchev–Trinajstić information content (AvgIpc) is 2.92. The van der Waals surface area contributed by atoms with E-state index in [0.717, 1.165) is 24.3 Å². The van der Waals surface area contributed by atoms with Crippen molar-refractivity contribution in [1.29, 1.82) is 0 Å². The first kappa shape index (κ1) is 9.53. The summed E-state index contributed by atoms with van der Waals surface area (Å²) in [7, 11) is 1.72. The van der Waals surface area contributed by atoms with Gasteiger partial charge in [0.25, 0.3) is 0 Å². The Morgan fingerprint density at radius 3 is 2.79 bits per heavy atom. The maximum atomic E-state index is 5.28. The van der Waals surface area contributed by atoms with Crippen molar-refractivity contribution in [1.82, 2.24) is 5.32 Å². The van der Waals surface area contributed by atoms with Crippen LogP contribution in [0.5, 0.6) is 5.75 Å². The maximum absolute atomic E-state index is 5.28. The summed E-state index contributed by atoms with van der Waals surface area (Å²) in [5.74, 6) is 1.83. The van der Waals surface area contributed by atoms with E-state index in [0.29, 0.717) is 0 Å². The zero-order valence-electron chi connectivity index (χ0n) is 8.79. The molecule has 0 aromatic heterocycles. The van der Waals surface area contributed by atoms with E-state index in [9.17, 15) is 0 Å². The van der Waals surface area contributed by atoms with Crippen LogP contribution in [0.2, 0.25) is 0 Å². The molecular formula is C12H17NO. The first-order valence-corrected chi connectivity index (χ1v) is 5.16. The molecule has 1 aromatic carbocycles. The Bertz CT molecular complexity index is 311. The Morgan fingerprint density at radius 1 is 1.43 bits per heavy atom. The molecule has 0 radical (unpaired) electrons. The van der Waals surface area contributed by atoms with Crippen LogP contribution in [-0.4, -0.2) is 13.2 Å². The summed E-state index contributed by atoms with van der Waals surface area (Å²) in [5, 5.41) is 3.52. The van der Waals surface area contributed by atoms with Crippen LogP contribution < -0.4 is 10.1 Å². The smallest absolute Gasteiger partial charge is 0.123 e. The summed E-state index contributed by atoms with van der Waals surface area (Å²) in [6.45, 7) is 3.19. The molecule has 0 spiro atoms. The second kappa shape index (κ2) is 4.01. The van der Waals surface area contributed by atoms with Gasteiger partial charge in [-0.15, -0.1) is 0 Å². The highest BCUT2D eigenvalue weighted by Gasteiger charge is 2.31. The zero-order valence-corrected chi connectivity index (χ0v) is 8.79. The normalized spacial score (nSPS) is 24.7. The van der Waals surface area contributed by atoms with Crippen molar-refractivity contribution < 1.29 is 4.74 Å². The van der Waals surface area contributed by atoms with Crippen LogP contribution in [0.1, 0.15) is 18.9 Å². The van der Waals surface area contributed by atoms with Crippen LogP contribution in [0.15, 0.2) is 24.3 Å². The number of para-hydroxylation sites is 1. The fraction of sp³-hybridized carbons (Fsp3) is 0.500. The number of methoxy groups -OCH3 is 1. The third kappa shape index (κ3) is 2.07. The summed E-state index contributed by atoms with van der Waals surface area (Å²) in [4.78, 5) is 0. The van der Waals surface area contributed by atoms with Gasteiger partial charge in [-0.25, -0.2) is 0 Å². The Kier molecular flexibility index (Phi) is 2.73. The number of rotatable bonds is 4. The van der Waals surface area contributed by atoms with Gasteiger partial charge in [0, 0.05) is 18.2 Å². The van der Waals surface area contributed by atoms with Gasteiger partial charge in [-0.1, -0.05) is 25.1 Å². The van der Waals surface area contributed by atoms with Crippen molar-refractivity contribution in [2.24, 2.45) is 5.92 Å². The fourth-order valence-corrected chi connectivity index (χ4v) is 1.70. The van der Waals surface area contributed by atoms with Crippen LogP contribution in [0, 0.1) is 5.92 Å². The van der Waals surface area contributed by atoms with Gasteiger partial charge in [-0.2, -0.15) is 0 Å². The van der Waals surface area contributed by atoms with Gasteiger partial charge < -0.3 is 10.1 Å². The second-order valence-corrected chi connectivity index (χ2v) is 4.01. The van der Waals surface area contributed by atoms with E-state index >= 15 is 0 Å². The standard InChI is InChI=1S/C12H17NO/c1-9-7-11(9)13-8-10-5-3-4-6-12(10)14-2/h3-6,9,11,13H,7-8H2,1-2H3. The number of hydrogen-bond donors (Lipinski definition) is 1. The van der Waals surface area contributed by atoms with Gasteiger partial charge in [-0.3, -0.25) is 0 Å². The molecule has 1 saturated carbocycles. The second-order valence-electron chi connectivity index (χ2n) is 4.01. The molecule has 2 unspecified atom stereocenters. The minimum atomic E-state index is 0.722. The molecule has 1 aliphatic carbocycles. The Morgan fingerprint density at radius 2 is 2.14 bits per heavy atom. The van der Waals surface area contributed by atoms with Crippen molar-refractivity contribution in [3.63, 3.8) is 0 Å². The molecule has 2 nitrogen and oxygen atoms in total. The lowest BCUT2D eigenvalue weighted by Gasteiger charge is -2.08. The van der Waals surface area contributed by atoms with E-state index < -0.39 is 0 Å². The van der Waals surface area contributed by atoms with Crippen molar-refractivity contribution in [3.8, 4) is 5.75 Å². The Balaban J connectivity index is 1.94. The largest absolute Gasteiger partial charge is 0.496 e. The third-order valence-electron chi connectivity index (χ3n) is 2.86. The van der Waals surface area contributed by atoms with Gasteiger partial charge in [0.15, 0.2) is 0 Å². The minimum absolute atomic E-state index is 0.722. The van der Waals surface area contributed by atoms with Crippen LogP contribution in [0.4, 0.5) is 0 Å². The topological polar surface area (TPSA) is 21.3 Å². The molecule has 76 valence electrons. The first-order valence-electron chi connectivity index (χ1n) is 5.16. The predicted molar refractivity (Wildman–Crippen MR) is 57.4 cm³/mol. The quantitative estimate of drug-likeness (QED) is 0.787. The molecule has 1 aromatic rings. The van der Waals surface area contributed by atoms with Gasteiger partial charge in [0.1, 0.15) is 5.75 Å². The summed E-state index contributed by atoms with van der Waals surface area (Å²) >= 11 is 0. The van der Waals surface area contributed by atoms with Gasteiger partial charge in [-0.05, 0) is 18.4 Å². The molecule has 1 N–H and O–H groups in total. The molecule has 2 rings (SSSR count). The van der Waals surface area contributed by atoms with Crippen molar-refractivity contribution >= 4 is 0 Å². The van der Waals surface area contributed by atoms with Crippen LogP contribution in [0.25, 0.3) is 0 Å². The number of nitrogens with one attached hydrogen (secondary N) is 1. The molecule has 0 bridgehead atoms.